The lowest BCUT2D eigenvalue weighted by atomic mass is 9.48. The molecule has 0 heterocycles. The van der Waals surface area contributed by atoms with E-state index in [1.807, 2.05) is 0 Å². The molecule has 4 rings (SSSR count). The number of carbonyl (C=O) groups is 1. The maximum atomic E-state index is 14.5. The Bertz CT molecular complexity index is 382. The van der Waals surface area contributed by atoms with Gasteiger partial charge >= 0.3 is 11.9 Å². The zero-order chi connectivity index (χ0) is 14.5. The Morgan fingerprint density at radius 3 is 2.10 bits per heavy atom. The largest absolute Gasteiger partial charge is 0.477 e. The van der Waals surface area contributed by atoms with E-state index >= 15 is 0 Å². The summed E-state index contributed by atoms with van der Waals surface area (Å²) in [6.07, 6.45) is 3.71. The van der Waals surface area contributed by atoms with Crippen LogP contribution in [0.5, 0.6) is 0 Å². The van der Waals surface area contributed by atoms with Crippen molar-refractivity contribution in [1.29, 1.82) is 0 Å². The fraction of sp³-hybridized carbons (Fsp3) is 0.929. The number of alkyl halides is 2. The number of rotatable bonds is 5. The van der Waals surface area contributed by atoms with Gasteiger partial charge in [0.25, 0.3) is 0 Å². The lowest BCUT2D eigenvalue weighted by molar-refractivity contribution is -0.315. The van der Waals surface area contributed by atoms with Crippen molar-refractivity contribution < 1.29 is 28.2 Å². The number of aliphatic carboxylic acids is 1. The summed E-state index contributed by atoms with van der Waals surface area (Å²) in [7, 11) is 1.36. The lowest BCUT2D eigenvalue weighted by Crippen LogP contribution is -2.69. The van der Waals surface area contributed by atoms with Crippen LogP contribution in [0.25, 0.3) is 0 Å². The van der Waals surface area contributed by atoms with Crippen LogP contribution in [0, 0.1) is 23.7 Å². The second-order valence-electron chi connectivity index (χ2n) is 6.53. The third kappa shape index (κ3) is 1.73. The van der Waals surface area contributed by atoms with E-state index in [0.29, 0.717) is 37.5 Å². The van der Waals surface area contributed by atoms with E-state index < -0.39 is 17.5 Å². The maximum Gasteiger partial charge on any atom is 0.377 e. The Morgan fingerprint density at radius 1 is 1.20 bits per heavy atom. The van der Waals surface area contributed by atoms with Crippen molar-refractivity contribution in [2.24, 2.45) is 23.7 Å². The topological polar surface area (TPSA) is 55.8 Å². The third-order valence-electron chi connectivity index (χ3n) is 5.53. The van der Waals surface area contributed by atoms with Gasteiger partial charge in [-0.3, -0.25) is 0 Å². The van der Waals surface area contributed by atoms with Crippen LogP contribution in [0.15, 0.2) is 0 Å². The van der Waals surface area contributed by atoms with E-state index in [4.69, 9.17) is 14.6 Å². The molecule has 0 aromatic rings. The van der Waals surface area contributed by atoms with Crippen LogP contribution >= 0.6 is 0 Å². The summed E-state index contributed by atoms with van der Waals surface area (Å²) >= 11 is 0. The molecule has 0 saturated heterocycles. The lowest BCUT2D eigenvalue weighted by Gasteiger charge is -2.61. The predicted molar refractivity (Wildman–Crippen MR) is 65.3 cm³/mol. The highest BCUT2D eigenvalue weighted by atomic mass is 19.3. The van der Waals surface area contributed by atoms with Crippen molar-refractivity contribution in [2.45, 2.75) is 43.6 Å². The van der Waals surface area contributed by atoms with Crippen LogP contribution in [0.2, 0.25) is 0 Å². The molecule has 4 aliphatic rings. The molecule has 0 atom stereocenters. The number of hydrogen-bond acceptors (Lipinski definition) is 3. The fourth-order valence-corrected chi connectivity index (χ4v) is 5.05. The number of carboxylic acids is 1. The molecule has 4 aliphatic carbocycles. The molecule has 114 valence electrons. The summed E-state index contributed by atoms with van der Waals surface area (Å²) in [5, 5.41) is 9.02. The monoisotopic (exact) mass is 290 g/mol. The number of ether oxygens (including phenoxy) is 2. The van der Waals surface area contributed by atoms with Crippen molar-refractivity contribution in [1.82, 2.24) is 0 Å². The van der Waals surface area contributed by atoms with Gasteiger partial charge in [-0.25, -0.2) is 4.79 Å². The van der Waals surface area contributed by atoms with E-state index in [-0.39, 0.29) is 18.6 Å². The second-order valence-corrected chi connectivity index (χ2v) is 6.53. The highest BCUT2D eigenvalue weighted by Crippen LogP contribution is 2.63. The molecule has 1 N–H and O–H groups in total. The molecular weight excluding hydrogens is 270 g/mol. The van der Waals surface area contributed by atoms with Gasteiger partial charge < -0.3 is 14.6 Å². The zero-order valence-electron chi connectivity index (χ0n) is 11.5. The van der Waals surface area contributed by atoms with Gasteiger partial charge in [0.1, 0.15) is 6.79 Å². The van der Waals surface area contributed by atoms with Crippen molar-refractivity contribution in [3.8, 4) is 0 Å². The van der Waals surface area contributed by atoms with Gasteiger partial charge in [0.2, 0.25) is 0 Å². The van der Waals surface area contributed by atoms with Crippen LogP contribution in [0.4, 0.5) is 8.78 Å². The molecular formula is C14H20F2O4. The molecule has 0 unspecified atom stereocenters. The summed E-state index contributed by atoms with van der Waals surface area (Å²) in [6.45, 7) is -0.287. The summed E-state index contributed by atoms with van der Waals surface area (Å²) in [5.41, 5.74) is -1.89. The Labute approximate surface area is 116 Å². The second kappa shape index (κ2) is 4.63. The maximum absolute atomic E-state index is 14.5. The summed E-state index contributed by atoms with van der Waals surface area (Å²) in [6, 6.07) is 0. The van der Waals surface area contributed by atoms with E-state index in [0.717, 1.165) is 6.42 Å². The van der Waals surface area contributed by atoms with Crippen LogP contribution in [-0.4, -0.2) is 36.5 Å². The van der Waals surface area contributed by atoms with E-state index in [2.05, 4.69) is 0 Å². The molecule has 4 nitrogen and oxygen atoms in total. The quantitative estimate of drug-likeness (QED) is 0.790. The van der Waals surface area contributed by atoms with Crippen molar-refractivity contribution in [3.63, 3.8) is 0 Å². The number of methoxy groups -OCH3 is 1. The van der Waals surface area contributed by atoms with Crippen molar-refractivity contribution >= 4 is 5.97 Å². The standard InChI is InChI=1S/C14H20F2O4/c1-19-7-20-13(14(15,16)12(17)18)10-3-8-2-9(5-10)6-11(13)4-8/h8-11H,2-7H2,1H3,(H,17,18). The van der Waals surface area contributed by atoms with Gasteiger partial charge in [-0.1, -0.05) is 0 Å². The highest BCUT2D eigenvalue weighted by molar-refractivity contribution is 5.77. The molecule has 0 amide bonds. The summed E-state index contributed by atoms with van der Waals surface area (Å²) in [5.74, 6) is -5.78. The molecule has 0 spiro atoms. The molecule has 6 heteroatoms. The van der Waals surface area contributed by atoms with Crippen LogP contribution < -0.4 is 0 Å². The molecule has 4 fully saturated rings. The molecule has 0 aliphatic heterocycles. The minimum atomic E-state index is -3.87. The normalized spacial score (nSPS) is 43.0. The average Bonchev–Trinajstić information content (AvgIpc) is 2.37. The SMILES string of the molecule is COCOC1(C(F)(F)C(=O)O)C2CC3CC(C2)CC1C3. The van der Waals surface area contributed by atoms with Crippen LogP contribution in [0.1, 0.15) is 32.1 Å². The van der Waals surface area contributed by atoms with E-state index in [1.165, 1.54) is 7.11 Å². The van der Waals surface area contributed by atoms with Gasteiger partial charge in [0.15, 0.2) is 5.60 Å². The third-order valence-corrected chi connectivity index (χ3v) is 5.53. The van der Waals surface area contributed by atoms with Gasteiger partial charge in [-0.05, 0) is 55.8 Å². The molecule has 20 heavy (non-hydrogen) atoms. The first-order valence-corrected chi connectivity index (χ1v) is 7.16. The number of halogens is 2. The Balaban J connectivity index is 2.00. The summed E-state index contributed by atoms with van der Waals surface area (Å²) < 4.78 is 39.2. The van der Waals surface area contributed by atoms with Crippen LogP contribution in [-0.2, 0) is 14.3 Å². The minimum absolute atomic E-state index is 0.287. The van der Waals surface area contributed by atoms with E-state index in [1.54, 1.807) is 0 Å². The Hall–Kier alpha value is -0.750. The first kappa shape index (κ1) is 14.2. The Morgan fingerprint density at radius 2 is 1.70 bits per heavy atom. The van der Waals surface area contributed by atoms with Gasteiger partial charge in [0.05, 0.1) is 0 Å². The minimum Gasteiger partial charge on any atom is -0.477 e. The number of carboxylic acid groups (broad SMARTS) is 1. The molecule has 4 bridgehead atoms. The predicted octanol–water partition coefficient (Wildman–Crippen LogP) is 2.52. The van der Waals surface area contributed by atoms with Gasteiger partial charge in [-0.15, -0.1) is 0 Å². The van der Waals surface area contributed by atoms with Gasteiger partial charge in [0, 0.05) is 7.11 Å². The van der Waals surface area contributed by atoms with Crippen molar-refractivity contribution in [3.05, 3.63) is 0 Å². The van der Waals surface area contributed by atoms with Crippen LogP contribution in [0.3, 0.4) is 0 Å². The summed E-state index contributed by atoms with van der Waals surface area (Å²) in [4.78, 5) is 11.1. The smallest absolute Gasteiger partial charge is 0.377 e. The first-order valence-electron chi connectivity index (χ1n) is 7.16. The zero-order valence-corrected chi connectivity index (χ0v) is 11.5. The number of hydrogen-bond donors (Lipinski definition) is 1. The fourth-order valence-electron chi connectivity index (χ4n) is 5.05. The first-order chi connectivity index (χ1) is 9.41. The van der Waals surface area contributed by atoms with E-state index in [9.17, 15) is 13.6 Å². The highest BCUT2D eigenvalue weighted by Gasteiger charge is 2.72. The van der Waals surface area contributed by atoms with Crippen molar-refractivity contribution in [2.75, 3.05) is 13.9 Å². The Kier molecular flexibility index (Phi) is 3.29. The molecule has 0 aromatic heterocycles. The van der Waals surface area contributed by atoms with Gasteiger partial charge in [-0.2, -0.15) is 8.78 Å². The average molecular weight is 290 g/mol. The molecule has 0 radical (unpaired) electrons. The molecule has 0 aromatic carbocycles. The molecule has 4 saturated carbocycles.